The van der Waals surface area contributed by atoms with Gasteiger partial charge in [-0.1, -0.05) is 30.0 Å². The molecule has 1 heterocycles. The molecule has 2 aromatic carbocycles. The summed E-state index contributed by atoms with van der Waals surface area (Å²) >= 11 is 0. The normalized spacial score (nSPS) is 12.3. The second-order valence-corrected chi connectivity index (χ2v) is 4.04. The first-order chi connectivity index (χ1) is 8.83. The molecule has 2 nitrogen and oxygen atoms in total. The molecule has 0 unspecified atom stereocenters. The number of ketones is 1. The lowest BCUT2D eigenvalue weighted by atomic mass is 10.1. The van der Waals surface area contributed by atoms with E-state index in [0.29, 0.717) is 11.3 Å². The van der Waals surface area contributed by atoms with Crippen LogP contribution in [0.25, 0.3) is 0 Å². The number of hydrogen-bond acceptors (Lipinski definition) is 2. The van der Waals surface area contributed by atoms with Crippen molar-refractivity contribution in [3.8, 4) is 17.6 Å². The maximum absolute atomic E-state index is 11.4. The summed E-state index contributed by atoms with van der Waals surface area (Å²) in [6.07, 6.45) is 0. The van der Waals surface area contributed by atoms with Crippen molar-refractivity contribution in [2.24, 2.45) is 0 Å². The van der Waals surface area contributed by atoms with E-state index in [1.165, 1.54) is 0 Å². The molecule has 0 spiro atoms. The second kappa shape index (κ2) is 4.38. The molecule has 2 aromatic rings. The van der Waals surface area contributed by atoms with Crippen LogP contribution in [-0.2, 0) is 0 Å². The number of rotatable bonds is 0. The molecule has 0 amide bonds. The smallest absolute Gasteiger partial charge is 0.203 e. The maximum atomic E-state index is 11.4. The molecule has 0 bridgehead atoms. The second-order valence-electron chi connectivity index (χ2n) is 4.04. The Balaban J connectivity index is 1.92. The number of ether oxygens (including phenoxy) is 1. The molecule has 0 aliphatic carbocycles. The Bertz CT molecular complexity index is 660. The van der Waals surface area contributed by atoms with Crippen LogP contribution in [0.1, 0.15) is 21.5 Å². The van der Waals surface area contributed by atoms with E-state index in [9.17, 15) is 4.79 Å². The molecule has 1 aliphatic heterocycles. The van der Waals surface area contributed by atoms with Gasteiger partial charge in [-0.15, -0.1) is 0 Å². The van der Waals surface area contributed by atoms with Gasteiger partial charge in [0.05, 0.1) is 5.56 Å². The Morgan fingerprint density at radius 1 is 0.944 bits per heavy atom. The van der Waals surface area contributed by atoms with Crippen molar-refractivity contribution in [1.82, 2.24) is 0 Å². The van der Waals surface area contributed by atoms with Gasteiger partial charge in [-0.3, -0.25) is 4.79 Å². The summed E-state index contributed by atoms with van der Waals surface area (Å²) in [6, 6.07) is 15.2. The van der Waals surface area contributed by atoms with E-state index in [4.69, 9.17) is 4.74 Å². The van der Waals surface area contributed by atoms with Gasteiger partial charge < -0.3 is 4.74 Å². The highest BCUT2D eigenvalue weighted by molar-refractivity contribution is 6.02. The Hall–Kier alpha value is -2.53. The molecule has 0 fully saturated rings. The average molecular weight is 234 g/mol. The van der Waals surface area contributed by atoms with E-state index >= 15 is 0 Å². The van der Waals surface area contributed by atoms with Crippen molar-refractivity contribution in [3.05, 3.63) is 65.2 Å². The number of Topliss-reactive ketones (excluding diaryl/α,β-unsaturated/α-hetero) is 1. The molecular formula is C16H10O2. The number of carbonyl (C=O) groups is 1. The van der Waals surface area contributed by atoms with E-state index in [-0.39, 0.29) is 12.4 Å². The lowest BCUT2D eigenvalue weighted by molar-refractivity contribution is 0.0961. The zero-order valence-corrected chi connectivity index (χ0v) is 9.64. The molecule has 0 atom stereocenters. The Kier molecular flexibility index (Phi) is 2.59. The van der Waals surface area contributed by atoms with Gasteiger partial charge in [0.15, 0.2) is 6.61 Å². The van der Waals surface area contributed by atoms with Crippen LogP contribution in [0.3, 0.4) is 0 Å². The van der Waals surface area contributed by atoms with Gasteiger partial charge in [0.2, 0.25) is 5.78 Å². The molecule has 0 aromatic heterocycles. The lowest BCUT2D eigenvalue weighted by Gasteiger charge is -1.97. The van der Waals surface area contributed by atoms with Crippen LogP contribution < -0.4 is 4.74 Å². The fourth-order valence-corrected chi connectivity index (χ4v) is 1.84. The minimum atomic E-state index is 0.0348. The molecule has 0 N–H and O–H groups in total. The van der Waals surface area contributed by atoms with Gasteiger partial charge in [-0.05, 0) is 30.3 Å². The van der Waals surface area contributed by atoms with E-state index in [2.05, 4.69) is 11.8 Å². The minimum Gasteiger partial charge on any atom is -0.485 e. The summed E-state index contributed by atoms with van der Waals surface area (Å²) in [5, 5.41) is 0. The van der Waals surface area contributed by atoms with E-state index in [1.807, 2.05) is 42.5 Å². The van der Waals surface area contributed by atoms with E-state index < -0.39 is 0 Å². The molecular weight excluding hydrogens is 224 g/mol. The van der Waals surface area contributed by atoms with Crippen molar-refractivity contribution in [1.29, 1.82) is 0 Å². The van der Waals surface area contributed by atoms with Crippen LogP contribution in [-0.4, -0.2) is 12.4 Å². The highest BCUT2D eigenvalue weighted by atomic mass is 16.5. The molecule has 2 heteroatoms. The predicted molar refractivity (Wildman–Crippen MR) is 68.7 cm³/mol. The fourth-order valence-electron chi connectivity index (χ4n) is 1.84. The Labute approximate surface area is 105 Å². The SMILES string of the molecule is O=C1COc2cc(C#Cc3ccccc3)ccc21. The first-order valence-electron chi connectivity index (χ1n) is 5.70. The van der Waals surface area contributed by atoms with Crippen LogP contribution in [0.15, 0.2) is 48.5 Å². The highest BCUT2D eigenvalue weighted by Crippen LogP contribution is 2.25. The molecule has 0 radical (unpaired) electrons. The molecule has 3 rings (SSSR count). The first kappa shape index (κ1) is 10.6. The summed E-state index contributed by atoms with van der Waals surface area (Å²) in [5.74, 6) is 6.81. The zero-order valence-electron chi connectivity index (χ0n) is 9.64. The topological polar surface area (TPSA) is 26.3 Å². The van der Waals surface area contributed by atoms with E-state index in [1.54, 1.807) is 6.07 Å². The van der Waals surface area contributed by atoms with Crippen LogP contribution in [0.5, 0.6) is 5.75 Å². The van der Waals surface area contributed by atoms with Gasteiger partial charge in [0, 0.05) is 11.1 Å². The Morgan fingerprint density at radius 3 is 2.56 bits per heavy atom. The third kappa shape index (κ3) is 1.99. The van der Waals surface area contributed by atoms with Crippen LogP contribution in [0, 0.1) is 11.8 Å². The average Bonchev–Trinajstić information content (AvgIpc) is 2.79. The summed E-state index contributed by atoms with van der Waals surface area (Å²) in [6.45, 7) is 0.144. The number of fused-ring (bicyclic) bond motifs is 1. The van der Waals surface area contributed by atoms with E-state index in [0.717, 1.165) is 11.1 Å². The summed E-state index contributed by atoms with van der Waals surface area (Å²) in [7, 11) is 0. The van der Waals surface area contributed by atoms with Crippen molar-refractivity contribution < 1.29 is 9.53 Å². The summed E-state index contributed by atoms with van der Waals surface area (Å²) < 4.78 is 5.29. The Morgan fingerprint density at radius 2 is 1.72 bits per heavy atom. The highest BCUT2D eigenvalue weighted by Gasteiger charge is 2.20. The fraction of sp³-hybridized carbons (Fsp3) is 0.0625. The number of carbonyl (C=O) groups excluding carboxylic acids is 1. The third-order valence-corrected chi connectivity index (χ3v) is 2.77. The third-order valence-electron chi connectivity index (χ3n) is 2.77. The molecule has 18 heavy (non-hydrogen) atoms. The van der Waals surface area contributed by atoms with Crippen LogP contribution >= 0.6 is 0 Å². The standard InChI is InChI=1S/C16H10O2/c17-15-11-18-16-10-13(8-9-14(15)16)7-6-12-4-2-1-3-5-12/h1-5,8-10H,11H2. The predicted octanol–water partition coefficient (Wildman–Crippen LogP) is 2.66. The summed E-state index contributed by atoms with van der Waals surface area (Å²) in [4.78, 5) is 11.4. The monoisotopic (exact) mass is 234 g/mol. The van der Waals surface area contributed by atoms with Gasteiger partial charge in [-0.25, -0.2) is 0 Å². The van der Waals surface area contributed by atoms with Gasteiger partial charge >= 0.3 is 0 Å². The van der Waals surface area contributed by atoms with Crippen molar-refractivity contribution >= 4 is 5.78 Å². The minimum absolute atomic E-state index is 0.0348. The molecule has 0 saturated heterocycles. The quantitative estimate of drug-likeness (QED) is 0.655. The van der Waals surface area contributed by atoms with Gasteiger partial charge in [-0.2, -0.15) is 0 Å². The lowest BCUT2D eigenvalue weighted by Crippen LogP contribution is -1.98. The van der Waals surface area contributed by atoms with Crippen LogP contribution in [0.4, 0.5) is 0 Å². The van der Waals surface area contributed by atoms with Gasteiger partial charge in [0.25, 0.3) is 0 Å². The summed E-state index contributed by atoms with van der Waals surface area (Å²) in [5.41, 5.74) is 2.47. The number of benzene rings is 2. The zero-order chi connectivity index (χ0) is 12.4. The van der Waals surface area contributed by atoms with Crippen molar-refractivity contribution in [2.45, 2.75) is 0 Å². The van der Waals surface area contributed by atoms with Crippen molar-refractivity contribution in [2.75, 3.05) is 6.61 Å². The van der Waals surface area contributed by atoms with Gasteiger partial charge in [0.1, 0.15) is 5.75 Å². The molecule has 1 aliphatic rings. The molecule has 0 saturated carbocycles. The van der Waals surface area contributed by atoms with Crippen molar-refractivity contribution in [3.63, 3.8) is 0 Å². The first-order valence-corrected chi connectivity index (χ1v) is 5.70. The largest absolute Gasteiger partial charge is 0.485 e. The number of hydrogen-bond donors (Lipinski definition) is 0. The maximum Gasteiger partial charge on any atom is 0.203 e. The van der Waals surface area contributed by atoms with Crippen LogP contribution in [0.2, 0.25) is 0 Å². The molecule has 86 valence electrons.